The van der Waals surface area contributed by atoms with E-state index < -0.39 is 0 Å². The number of hydrogen-bond acceptors (Lipinski definition) is 2. The Kier molecular flexibility index (Phi) is 8.27. The minimum Gasteiger partial charge on any atom is -0.492 e. The number of fused-ring (bicyclic) bond motifs is 1. The van der Waals surface area contributed by atoms with Gasteiger partial charge in [0.25, 0.3) is 0 Å². The summed E-state index contributed by atoms with van der Waals surface area (Å²) in [6.45, 7) is 2.11. The summed E-state index contributed by atoms with van der Waals surface area (Å²) in [4.78, 5) is 7.55. The molecule has 3 N–H and O–H groups in total. The molecule has 0 aliphatic carbocycles. The Balaban J connectivity index is 0.00000243. The predicted molar refractivity (Wildman–Crippen MR) is 119 cm³/mol. The standard InChI is InChI=1S/C20H24N4O.HI/c1-21-20(23-13-14-25-17-7-3-2-4-8-17)22-12-11-16-15-24-19-10-6-5-9-18(16)19;/h2-10,15,24H,11-14H2,1H3,(H2,21,22,23);1H. The number of para-hydroxylation sites is 2. The van der Waals surface area contributed by atoms with Crippen LogP contribution in [-0.2, 0) is 6.42 Å². The Morgan fingerprint density at radius 1 is 1.00 bits per heavy atom. The van der Waals surface area contributed by atoms with Crippen molar-refractivity contribution >= 4 is 40.8 Å². The SMILES string of the molecule is CN=C(NCCOc1ccccc1)NCCc1c[nH]c2ccccc12.I. The molecule has 5 nitrogen and oxygen atoms in total. The van der Waals surface area contributed by atoms with Crippen LogP contribution in [-0.4, -0.2) is 37.7 Å². The van der Waals surface area contributed by atoms with Gasteiger partial charge in [-0.15, -0.1) is 24.0 Å². The number of hydrogen-bond donors (Lipinski definition) is 3. The largest absolute Gasteiger partial charge is 0.492 e. The van der Waals surface area contributed by atoms with Crippen LogP contribution in [0.5, 0.6) is 5.75 Å². The Morgan fingerprint density at radius 2 is 1.73 bits per heavy atom. The van der Waals surface area contributed by atoms with Crippen LogP contribution >= 0.6 is 24.0 Å². The maximum absolute atomic E-state index is 5.66. The normalized spacial score (nSPS) is 11.0. The molecule has 0 radical (unpaired) electrons. The van der Waals surface area contributed by atoms with Crippen LogP contribution in [0.1, 0.15) is 5.56 Å². The molecule has 0 fully saturated rings. The number of aliphatic imine (C=N–C) groups is 1. The Bertz CT molecular complexity index is 817. The van der Waals surface area contributed by atoms with E-state index in [0.717, 1.165) is 24.7 Å². The Hall–Kier alpha value is -2.22. The molecule has 0 amide bonds. The molecule has 1 heterocycles. The van der Waals surface area contributed by atoms with Crippen molar-refractivity contribution in [2.75, 3.05) is 26.7 Å². The minimum atomic E-state index is 0. The van der Waals surface area contributed by atoms with Crippen LogP contribution < -0.4 is 15.4 Å². The number of nitrogens with zero attached hydrogens (tertiary/aromatic N) is 1. The van der Waals surface area contributed by atoms with E-state index in [2.05, 4.69) is 45.0 Å². The summed E-state index contributed by atoms with van der Waals surface area (Å²) in [5.74, 6) is 1.67. The third-order valence-corrected chi connectivity index (χ3v) is 3.99. The lowest BCUT2D eigenvalue weighted by Gasteiger charge is -2.12. The van der Waals surface area contributed by atoms with Crippen molar-refractivity contribution in [2.45, 2.75) is 6.42 Å². The first kappa shape index (κ1) is 20.1. The van der Waals surface area contributed by atoms with Gasteiger partial charge in [0.2, 0.25) is 0 Å². The summed E-state index contributed by atoms with van der Waals surface area (Å²) < 4.78 is 5.66. The highest BCUT2D eigenvalue weighted by atomic mass is 127. The third-order valence-electron chi connectivity index (χ3n) is 3.99. The zero-order chi connectivity index (χ0) is 17.3. The highest BCUT2D eigenvalue weighted by Gasteiger charge is 2.03. The number of halogens is 1. The maximum atomic E-state index is 5.66. The molecule has 138 valence electrons. The van der Waals surface area contributed by atoms with Crippen LogP contribution in [0.2, 0.25) is 0 Å². The van der Waals surface area contributed by atoms with Gasteiger partial charge < -0.3 is 20.4 Å². The van der Waals surface area contributed by atoms with Crippen molar-refractivity contribution in [1.29, 1.82) is 0 Å². The first-order chi connectivity index (χ1) is 12.4. The molecule has 0 spiro atoms. The van der Waals surface area contributed by atoms with Gasteiger partial charge >= 0.3 is 0 Å². The summed E-state index contributed by atoms with van der Waals surface area (Å²) in [5, 5.41) is 7.88. The fraction of sp³-hybridized carbons (Fsp3) is 0.250. The van der Waals surface area contributed by atoms with E-state index in [1.807, 2.05) is 36.4 Å². The molecule has 0 saturated carbocycles. The van der Waals surface area contributed by atoms with Crippen LogP contribution in [0.25, 0.3) is 10.9 Å². The molecule has 0 bridgehead atoms. The van der Waals surface area contributed by atoms with Crippen molar-refractivity contribution in [1.82, 2.24) is 15.6 Å². The number of aromatic amines is 1. The molecule has 0 unspecified atom stereocenters. The number of aromatic nitrogens is 1. The molecular weight excluding hydrogens is 439 g/mol. The molecule has 0 aliphatic rings. The monoisotopic (exact) mass is 464 g/mol. The second-order valence-electron chi connectivity index (χ2n) is 5.70. The van der Waals surface area contributed by atoms with Gasteiger partial charge in [0.05, 0.1) is 6.54 Å². The second-order valence-corrected chi connectivity index (χ2v) is 5.70. The maximum Gasteiger partial charge on any atom is 0.191 e. The molecular formula is C20H25IN4O. The molecule has 2 aromatic carbocycles. The third kappa shape index (κ3) is 5.66. The van der Waals surface area contributed by atoms with Crippen LogP contribution in [0.15, 0.2) is 65.8 Å². The lowest BCUT2D eigenvalue weighted by Crippen LogP contribution is -2.40. The fourth-order valence-electron chi connectivity index (χ4n) is 2.73. The first-order valence-electron chi connectivity index (χ1n) is 8.54. The lowest BCUT2D eigenvalue weighted by molar-refractivity contribution is 0.322. The Morgan fingerprint density at radius 3 is 2.54 bits per heavy atom. The predicted octanol–water partition coefficient (Wildman–Crippen LogP) is 3.57. The van der Waals surface area contributed by atoms with Gasteiger partial charge in [-0.05, 0) is 30.2 Å². The summed E-state index contributed by atoms with van der Waals surface area (Å²) in [6.07, 6.45) is 3.02. The van der Waals surface area contributed by atoms with Gasteiger partial charge in [0.15, 0.2) is 5.96 Å². The highest BCUT2D eigenvalue weighted by Crippen LogP contribution is 2.17. The number of H-pyrrole nitrogens is 1. The van der Waals surface area contributed by atoms with Crippen LogP contribution in [0.4, 0.5) is 0 Å². The van der Waals surface area contributed by atoms with E-state index in [-0.39, 0.29) is 24.0 Å². The second kappa shape index (κ2) is 10.7. The zero-order valence-electron chi connectivity index (χ0n) is 14.9. The molecule has 1 aromatic heterocycles. The summed E-state index contributed by atoms with van der Waals surface area (Å²) in [6, 6.07) is 18.2. The van der Waals surface area contributed by atoms with Gasteiger partial charge in [-0.3, -0.25) is 4.99 Å². The molecule has 0 atom stereocenters. The van der Waals surface area contributed by atoms with Crippen molar-refractivity contribution in [3.05, 3.63) is 66.4 Å². The molecule has 26 heavy (non-hydrogen) atoms. The van der Waals surface area contributed by atoms with Crippen molar-refractivity contribution in [2.24, 2.45) is 4.99 Å². The zero-order valence-corrected chi connectivity index (χ0v) is 17.2. The van der Waals surface area contributed by atoms with E-state index in [9.17, 15) is 0 Å². The number of benzene rings is 2. The number of guanidine groups is 1. The molecule has 3 rings (SSSR count). The average Bonchev–Trinajstić information content (AvgIpc) is 3.08. The van der Waals surface area contributed by atoms with Gasteiger partial charge in [-0.1, -0.05) is 36.4 Å². The van der Waals surface area contributed by atoms with Crippen molar-refractivity contribution in [3.63, 3.8) is 0 Å². The first-order valence-corrected chi connectivity index (χ1v) is 8.54. The van der Waals surface area contributed by atoms with Crippen LogP contribution in [0, 0.1) is 0 Å². The van der Waals surface area contributed by atoms with E-state index >= 15 is 0 Å². The topological polar surface area (TPSA) is 61.4 Å². The molecule has 0 aliphatic heterocycles. The number of ether oxygens (including phenoxy) is 1. The average molecular weight is 464 g/mol. The van der Waals surface area contributed by atoms with Crippen molar-refractivity contribution in [3.8, 4) is 5.75 Å². The van der Waals surface area contributed by atoms with Crippen LogP contribution in [0.3, 0.4) is 0 Å². The van der Waals surface area contributed by atoms with Gasteiger partial charge in [0, 0.05) is 30.7 Å². The number of nitrogens with one attached hydrogen (secondary N) is 3. The van der Waals surface area contributed by atoms with E-state index in [4.69, 9.17) is 4.74 Å². The quantitative estimate of drug-likeness (QED) is 0.217. The molecule has 6 heteroatoms. The fourth-order valence-corrected chi connectivity index (χ4v) is 2.73. The molecule has 0 saturated heterocycles. The van der Waals surface area contributed by atoms with Gasteiger partial charge in [-0.25, -0.2) is 0 Å². The summed E-state index contributed by atoms with van der Waals surface area (Å²) >= 11 is 0. The lowest BCUT2D eigenvalue weighted by atomic mass is 10.1. The van der Waals surface area contributed by atoms with E-state index in [1.165, 1.54) is 16.5 Å². The highest BCUT2D eigenvalue weighted by molar-refractivity contribution is 14.0. The van der Waals surface area contributed by atoms with Gasteiger partial charge in [-0.2, -0.15) is 0 Å². The van der Waals surface area contributed by atoms with Gasteiger partial charge in [0.1, 0.15) is 12.4 Å². The van der Waals surface area contributed by atoms with E-state index in [0.29, 0.717) is 13.2 Å². The Labute approximate surface area is 171 Å². The summed E-state index contributed by atoms with van der Waals surface area (Å²) in [7, 11) is 1.78. The summed E-state index contributed by atoms with van der Waals surface area (Å²) in [5.41, 5.74) is 2.49. The molecule has 3 aromatic rings. The van der Waals surface area contributed by atoms with E-state index in [1.54, 1.807) is 7.05 Å². The smallest absolute Gasteiger partial charge is 0.191 e. The minimum absolute atomic E-state index is 0. The number of rotatable bonds is 7. The van der Waals surface area contributed by atoms with Crippen molar-refractivity contribution < 1.29 is 4.74 Å².